The second-order valence-electron chi connectivity index (χ2n) is 1.69. The fraction of sp³-hybridized carbons (Fsp3) is 1.00. The molecule has 0 aromatic rings. The predicted octanol–water partition coefficient (Wildman–Crippen LogP) is -2.83. The Morgan fingerprint density at radius 2 is 1.60 bits per heavy atom. The summed E-state index contributed by atoms with van der Waals surface area (Å²) < 4.78 is 22.8. The van der Waals surface area contributed by atoms with E-state index in [1.807, 2.05) is 0 Å². The van der Waals surface area contributed by atoms with E-state index in [1.165, 1.54) is 25.9 Å². The standard InChI is InChI=1S/C4H9N.Na.H2O3S.H/c1-2-4-5-3-1;;1-4(2)3;/h5H,1-4H2;;(H2,1,2,3);/q;+1;;-1. The van der Waals surface area contributed by atoms with Crippen molar-refractivity contribution in [1.29, 1.82) is 0 Å². The minimum absolute atomic E-state index is 0. The number of rotatable bonds is 0. The maximum Gasteiger partial charge on any atom is 1.00 e. The number of hydrogen-bond donors (Lipinski definition) is 3. The van der Waals surface area contributed by atoms with Crippen molar-refractivity contribution < 1.29 is 44.3 Å². The fourth-order valence-electron chi connectivity index (χ4n) is 0.625. The summed E-state index contributed by atoms with van der Waals surface area (Å²) in [5.74, 6) is 0. The van der Waals surface area contributed by atoms with E-state index in [1.54, 1.807) is 0 Å². The first kappa shape index (κ1) is 13.6. The zero-order chi connectivity index (χ0) is 7.11. The van der Waals surface area contributed by atoms with Crippen LogP contribution in [-0.2, 0) is 11.4 Å². The Balaban J connectivity index is -0.000000101. The average molecular weight is 177 g/mol. The Morgan fingerprint density at radius 3 is 1.70 bits per heavy atom. The van der Waals surface area contributed by atoms with Gasteiger partial charge in [-0.3, -0.25) is 9.11 Å². The van der Waals surface area contributed by atoms with Gasteiger partial charge in [-0.2, -0.15) is 4.21 Å². The average Bonchev–Trinajstić information content (AvgIpc) is 2.11. The molecule has 1 aliphatic rings. The van der Waals surface area contributed by atoms with E-state index in [0.717, 1.165) is 0 Å². The van der Waals surface area contributed by atoms with Gasteiger partial charge in [-0.05, 0) is 25.9 Å². The Kier molecular flexibility index (Phi) is 13.6. The van der Waals surface area contributed by atoms with E-state index in [4.69, 9.17) is 13.3 Å². The molecule has 0 amide bonds. The second-order valence-corrected chi connectivity index (χ2v) is 2.15. The molecule has 58 valence electrons. The van der Waals surface area contributed by atoms with Crippen LogP contribution in [0.1, 0.15) is 14.3 Å². The van der Waals surface area contributed by atoms with Gasteiger partial charge in [0.05, 0.1) is 0 Å². The second kappa shape index (κ2) is 10.0. The summed E-state index contributed by atoms with van der Waals surface area (Å²) in [6.07, 6.45) is 2.78. The van der Waals surface area contributed by atoms with Gasteiger partial charge in [0.2, 0.25) is 0 Å². The molecule has 0 aromatic carbocycles. The molecule has 1 heterocycles. The van der Waals surface area contributed by atoms with Crippen LogP contribution in [0.4, 0.5) is 0 Å². The topological polar surface area (TPSA) is 69.6 Å². The molecule has 4 nitrogen and oxygen atoms in total. The Morgan fingerprint density at radius 1 is 1.30 bits per heavy atom. The van der Waals surface area contributed by atoms with Crippen molar-refractivity contribution in [2.75, 3.05) is 13.1 Å². The van der Waals surface area contributed by atoms with Gasteiger partial charge in [-0.25, -0.2) is 0 Å². The molecule has 0 spiro atoms. The van der Waals surface area contributed by atoms with Crippen molar-refractivity contribution in [3.05, 3.63) is 0 Å². The van der Waals surface area contributed by atoms with Crippen LogP contribution in [0, 0.1) is 0 Å². The van der Waals surface area contributed by atoms with Crippen LogP contribution in [0.2, 0.25) is 0 Å². The van der Waals surface area contributed by atoms with Crippen LogP contribution in [-0.4, -0.2) is 26.4 Å². The first-order valence-corrected chi connectivity index (χ1v) is 3.80. The molecule has 3 N–H and O–H groups in total. The molecule has 0 radical (unpaired) electrons. The molecule has 0 bridgehead atoms. The van der Waals surface area contributed by atoms with E-state index in [-0.39, 0.29) is 31.0 Å². The minimum Gasteiger partial charge on any atom is -1.00 e. The van der Waals surface area contributed by atoms with E-state index < -0.39 is 11.4 Å². The van der Waals surface area contributed by atoms with Gasteiger partial charge in [-0.1, -0.05) is 0 Å². The van der Waals surface area contributed by atoms with Gasteiger partial charge < -0.3 is 6.74 Å². The zero-order valence-corrected chi connectivity index (χ0v) is 8.86. The molecule has 1 saturated heterocycles. The van der Waals surface area contributed by atoms with Crippen molar-refractivity contribution >= 4 is 11.4 Å². The molecular formula is C4H12NNaO3S. The van der Waals surface area contributed by atoms with Crippen LogP contribution >= 0.6 is 0 Å². The van der Waals surface area contributed by atoms with E-state index in [2.05, 4.69) is 5.32 Å². The number of hydrogen-bond acceptors (Lipinski definition) is 2. The largest absolute Gasteiger partial charge is 1.00 e. The van der Waals surface area contributed by atoms with Crippen molar-refractivity contribution in [2.45, 2.75) is 12.8 Å². The summed E-state index contributed by atoms with van der Waals surface area (Å²) >= 11 is -2.61. The van der Waals surface area contributed by atoms with Gasteiger partial charge in [0.1, 0.15) is 0 Å². The van der Waals surface area contributed by atoms with Gasteiger partial charge in [0.15, 0.2) is 0 Å². The first-order chi connectivity index (χ1) is 4.23. The molecule has 0 aliphatic carbocycles. The number of nitrogens with one attached hydrogen (secondary N) is 1. The normalized spacial score (nSPS) is 15.5. The zero-order valence-electron chi connectivity index (χ0n) is 7.04. The molecule has 0 saturated carbocycles. The summed E-state index contributed by atoms with van der Waals surface area (Å²) in [6.45, 7) is 2.50. The van der Waals surface area contributed by atoms with Crippen molar-refractivity contribution in [3.8, 4) is 0 Å². The smallest absolute Gasteiger partial charge is 1.00 e. The predicted molar refractivity (Wildman–Crippen MR) is 36.6 cm³/mol. The summed E-state index contributed by atoms with van der Waals surface area (Å²) in [5.41, 5.74) is 0. The molecule has 1 rings (SSSR count). The fourth-order valence-corrected chi connectivity index (χ4v) is 0.625. The van der Waals surface area contributed by atoms with E-state index >= 15 is 0 Å². The van der Waals surface area contributed by atoms with Crippen LogP contribution in [0.5, 0.6) is 0 Å². The third-order valence-corrected chi connectivity index (χ3v) is 0.957. The molecule has 6 heteroatoms. The third-order valence-electron chi connectivity index (χ3n) is 0.957. The van der Waals surface area contributed by atoms with Gasteiger partial charge in [-0.15, -0.1) is 0 Å². The molecule has 0 unspecified atom stereocenters. The van der Waals surface area contributed by atoms with E-state index in [0.29, 0.717) is 0 Å². The molecule has 0 atom stereocenters. The van der Waals surface area contributed by atoms with Crippen molar-refractivity contribution in [3.63, 3.8) is 0 Å². The molecule has 10 heavy (non-hydrogen) atoms. The molecular weight excluding hydrogens is 165 g/mol. The summed E-state index contributed by atoms with van der Waals surface area (Å²) in [6, 6.07) is 0. The maximum atomic E-state index is 8.67. The quantitative estimate of drug-likeness (QED) is 0.275. The van der Waals surface area contributed by atoms with Crippen molar-refractivity contribution in [1.82, 2.24) is 5.32 Å². The van der Waals surface area contributed by atoms with Gasteiger partial charge in [0.25, 0.3) is 11.4 Å². The van der Waals surface area contributed by atoms with Crippen LogP contribution < -0.4 is 34.9 Å². The first-order valence-electron chi connectivity index (χ1n) is 2.74. The maximum absolute atomic E-state index is 8.67. The summed E-state index contributed by atoms with van der Waals surface area (Å²) in [7, 11) is 0. The van der Waals surface area contributed by atoms with Crippen LogP contribution in [0.15, 0.2) is 0 Å². The summed E-state index contributed by atoms with van der Waals surface area (Å²) in [5, 5.41) is 3.22. The van der Waals surface area contributed by atoms with Crippen molar-refractivity contribution in [2.24, 2.45) is 0 Å². The Bertz CT molecular complexity index is 81.8. The SMILES string of the molecule is C1CCNC1.O=S(O)O.[H-].[Na+]. The minimum atomic E-state index is -2.61. The van der Waals surface area contributed by atoms with Gasteiger partial charge >= 0.3 is 29.6 Å². The Hall–Kier alpha value is 1.03. The monoisotopic (exact) mass is 177 g/mol. The molecule has 1 aliphatic heterocycles. The molecule has 1 fully saturated rings. The summed E-state index contributed by atoms with van der Waals surface area (Å²) in [4.78, 5) is 0. The molecule has 0 aromatic heterocycles. The van der Waals surface area contributed by atoms with Gasteiger partial charge in [0, 0.05) is 0 Å². The van der Waals surface area contributed by atoms with Crippen LogP contribution in [0.3, 0.4) is 0 Å². The Labute approximate surface area is 86.7 Å². The third kappa shape index (κ3) is 16.0. The van der Waals surface area contributed by atoms with E-state index in [9.17, 15) is 0 Å². The van der Waals surface area contributed by atoms with Crippen LogP contribution in [0.25, 0.3) is 0 Å².